The van der Waals surface area contributed by atoms with E-state index in [-0.39, 0.29) is 11.8 Å². The number of rotatable bonds is 4. The molecule has 0 atom stereocenters. The van der Waals surface area contributed by atoms with Crippen molar-refractivity contribution in [1.82, 2.24) is 14.7 Å². The number of methoxy groups -OCH3 is 1. The third-order valence-corrected chi connectivity index (χ3v) is 4.15. The summed E-state index contributed by atoms with van der Waals surface area (Å²) in [5.74, 6) is 1.21. The second-order valence-electron chi connectivity index (χ2n) is 6.17. The molecular formula is C19H17N3O4. The van der Waals surface area contributed by atoms with Gasteiger partial charge < -0.3 is 13.7 Å². The van der Waals surface area contributed by atoms with Crippen molar-refractivity contribution in [3.05, 3.63) is 53.0 Å². The van der Waals surface area contributed by atoms with Crippen molar-refractivity contribution >= 4 is 11.1 Å². The molecule has 0 saturated heterocycles. The van der Waals surface area contributed by atoms with Gasteiger partial charge in [0.05, 0.1) is 12.6 Å². The molecule has 4 aromatic rings. The van der Waals surface area contributed by atoms with Crippen molar-refractivity contribution < 1.29 is 13.7 Å². The Kier molecular flexibility index (Phi) is 3.84. The Labute approximate surface area is 148 Å². The minimum atomic E-state index is -0.376. The van der Waals surface area contributed by atoms with Gasteiger partial charge in [-0.3, -0.25) is 4.57 Å². The van der Waals surface area contributed by atoms with Gasteiger partial charge in [0.25, 0.3) is 5.89 Å². The molecule has 26 heavy (non-hydrogen) atoms. The summed E-state index contributed by atoms with van der Waals surface area (Å²) in [7, 11) is 1.61. The Morgan fingerprint density at radius 2 is 1.81 bits per heavy atom. The first-order chi connectivity index (χ1) is 12.6. The van der Waals surface area contributed by atoms with Gasteiger partial charge >= 0.3 is 5.76 Å². The van der Waals surface area contributed by atoms with Crippen molar-refractivity contribution in [2.75, 3.05) is 7.11 Å². The van der Waals surface area contributed by atoms with Crippen LogP contribution in [-0.2, 0) is 0 Å². The number of nitrogens with zero attached hydrogens (tertiary/aromatic N) is 3. The number of fused-ring (bicyclic) bond motifs is 1. The van der Waals surface area contributed by atoms with Gasteiger partial charge in [0.2, 0.25) is 5.82 Å². The molecule has 132 valence electrons. The van der Waals surface area contributed by atoms with E-state index in [9.17, 15) is 4.79 Å². The van der Waals surface area contributed by atoms with Gasteiger partial charge in [0, 0.05) is 17.2 Å². The molecular weight excluding hydrogens is 334 g/mol. The monoisotopic (exact) mass is 351 g/mol. The fraction of sp³-hybridized carbons (Fsp3) is 0.211. The average molecular weight is 351 g/mol. The number of oxazole rings is 1. The van der Waals surface area contributed by atoms with Gasteiger partial charge in [0.1, 0.15) is 5.75 Å². The lowest BCUT2D eigenvalue weighted by Crippen LogP contribution is -2.15. The lowest BCUT2D eigenvalue weighted by Gasteiger charge is -2.04. The average Bonchev–Trinajstić information content (AvgIpc) is 3.25. The van der Waals surface area contributed by atoms with Crippen LogP contribution in [0, 0.1) is 0 Å². The van der Waals surface area contributed by atoms with Gasteiger partial charge in [0.15, 0.2) is 5.58 Å². The smallest absolute Gasteiger partial charge is 0.420 e. The van der Waals surface area contributed by atoms with Crippen LogP contribution in [0.2, 0.25) is 0 Å². The van der Waals surface area contributed by atoms with Crippen LogP contribution in [-0.4, -0.2) is 21.8 Å². The zero-order valence-electron chi connectivity index (χ0n) is 14.6. The Bertz CT molecular complexity index is 1120. The summed E-state index contributed by atoms with van der Waals surface area (Å²) < 4.78 is 17.5. The summed E-state index contributed by atoms with van der Waals surface area (Å²) >= 11 is 0. The van der Waals surface area contributed by atoms with Crippen LogP contribution in [0.4, 0.5) is 0 Å². The standard InChI is InChI=1S/C19H17N3O4/c1-11(2)22-15-9-6-13(10-16(15)25-19(22)23)17-20-18(26-21-17)12-4-7-14(24-3)8-5-12/h4-11H,1-3H3. The predicted molar refractivity (Wildman–Crippen MR) is 96.1 cm³/mol. The SMILES string of the molecule is COc1ccc(-c2nc(-c3ccc4c(c3)oc(=O)n4C(C)C)no2)cc1. The maximum atomic E-state index is 12.0. The molecule has 0 unspecified atom stereocenters. The third kappa shape index (κ3) is 2.67. The summed E-state index contributed by atoms with van der Waals surface area (Å²) in [5.41, 5.74) is 2.75. The van der Waals surface area contributed by atoms with E-state index >= 15 is 0 Å². The van der Waals surface area contributed by atoms with Gasteiger partial charge in [-0.15, -0.1) is 0 Å². The maximum absolute atomic E-state index is 12.0. The highest BCUT2D eigenvalue weighted by atomic mass is 16.5. The zero-order chi connectivity index (χ0) is 18.3. The van der Waals surface area contributed by atoms with Crippen LogP contribution in [0.1, 0.15) is 19.9 Å². The van der Waals surface area contributed by atoms with E-state index in [1.165, 1.54) is 0 Å². The lowest BCUT2D eigenvalue weighted by molar-refractivity contribution is 0.414. The molecule has 0 saturated carbocycles. The van der Waals surface area contributed by atoms with Crippen molar-refractivity contribution in [2.24, 2.45) is 0 Å². The molecule has 7 nitrogen and oxygen atoms in total. The quantitative estimate of drug-likeness (QED) is 0.554. The number of hydrogen-bond donors (Lipinski definition) is 0. The molecule has 0 aliphatic heterocycles. The molecule has 4 rings (SSSR count). The second kappa shape index (κ2) is 6.18. The molecule has 7 heteroatoms. The summed E-state index contributed by atoms with van der Waals surface area (Å²) in [4.78, 5) is 16.4. The van der Waals surface area contributed by atoms with E-state index in [1.807, 2.05) is 50.2 Å². The highest BCUT2D eigenvalue weighted by molar-refractivity contribution is 5.79. The predicted octanol–water partition coefficient (Wildman–Crippen LogP) is 3.90. The molecule has 2 aromatic heterocycles. The minimum absolute atomic E-state index is 0.0152. The van der Waals surface area contributed by atoms with Crippen molar-refractivity contribution in [2.45, 2.75) is 19.9 Å². The Balaban J connectivity index is 1.72. The van der Waals surface area contributed by atoms with Crippen LogP contribution < -0.4 is 10.5 Å². The lowest BCUT2D eigenvalue weighted by atomic mass is 10.2. The zero-order valence-corrected chi connectivity index (χ0v) is 14.6. The number of benzene rings is 2. The third-order valence-electron chi connectivity index (χ3n) is 4.15. The minimum Gasteiger partial charge on any atom is -0.497 e. The Morgan fingerprint density at radius 1 is 1.08 bits per heavy atom. The van der Waals surface area contributed by atoms with E-state index in [2.05, 4.69) is 10.1 Å². The van der Waals surface area contributed by atoms with E-state index in [0.717, 1.165) is 16.8 Å². The Morgan fingerprint density at radius 3 is 2.50 bits per heavy atom. The number of aromatic nitrogens is 3. The Hall–Kier alpha value is -3.35. The van der Waals surface area contributed by atoms with Crippen LogP contribution in [0.25, 0.3) is 33.9 Å². The van der Waals surface area contributed by atoms with Crippen molar-refractivity contribution in [3.8, 4) is 28.6 Å². The molecule has 0 N–H and O–H groups in total. The fourth-order valence-electron chi connectivity index (χ4n) is 2.86. The van der Waals surface area contributed by atoms with Crippen molar-refractivity contribution in [3.63, 3.8) is 0 Å². The first kappa shape index (κ1) is 16.1. The molecule has 0 fully saturated rings. The normalized spacial score (nSPS) is 11.4. The molecule has 2 heterocycles. The van der Waals surface area contributed by atoms with E-state index in [0.29, 0.717) is 22.9 Å². The first-order valence-electron chi connectivity index (χ1n) is 8.20. The van der Waals surface area contributed by atoms with Crippen LogP contribution in [0.5, 0.6) is 5.75 Å². The summed E-state index contributed by atoms with van der Waals surface area (Å²) in [5, 5.41) is 4.03. The van der Waals surface area contributed by atoms with Gasteiger partial charge in [-0.2, -0.15) is 4.98 Å². The van der Waals surface area contributed by atoms with E-state index < -0.39 is 0 Å². The highest BCUT2D eigenvalue weighted by Crippen LogP contribution is 2.26. The molecule has 0 amide bonds. The fourth-order valence-corrected chi connectivity index (χ4v) is 2.86. The highest BCUT2D eigenvalue weighted by Gasteiger charge is 2.15. The van der Waals surface area contributed by atoms with Crippen LogP contribution in [0.15, 0.2) is 56.2 Å². The van der Waals surface area contributed by atoms with Gasteiger partial charge in [-0.05, 0) is 56.3 Å². The van der Waals surface area contributed by atoms with Crippen LogP contribution >= 0.6 is 0 Å². The molecule has 0 aliphatic rings. The summed E-state index contributed by atoms with van der Waals surface area (Å²) in [6, 6.07) is 12.8. The second-order valence-corrected chi connectivity index (χ2v) is 6.17. The topological polar surface area (TPSA) is 83.3 Å². The number of ether oxygens (including phenoxy) is 1. The van der Waals surface area contributed by atoms with Gasteiger partial charge in [-0.1, -0.05) is 5.16 Å². The van der Waals surface area contributed by atoms with E-state index in [4.69, 9.17) is 13.7 Å². The van der Waals surface area contributed by atoms with Gasteiger partial charge in [-0.25, -0.2) is 4.79 Å². The molecule has 0 bridgehead atoms. The molecule has 0 aliphatic carbocycles. The molecule has 0 radical (unpaired) electrons. The maximum Gasteiger partial charge on any atom is 0.420 e. The number of hydrogen-bond acceptors (Lipinski definition) is 6. The van der Waals surface area contributed by atoms with Crippen molar-refractivity contribution in [1.29, 1.82) is 0 Å². The molecule has 0 spiro atoms. The summed E-state index contributed by atoms with van der Waals surface area (Å²) in [6.45, 7) is 3.87. The largest absolute Gasteiger partial charge is 0.497 e. The first-order valence-corrected chi connectivity index (χ1v) is 8.20. The van der Waals surface area contributed by atoms with E-state index in [1.54, 1.807) is 17.7 Å². The molecule has 2 aromatic carbocycles. The van der Waals surface area contributed by atoms with Crippen LogP contribution in [0.3, 0.4) is 0 Å². The summed E-state index contributed by atoms with van der Waals surface area (Å²) in [6.07, 6.45) is 0.